The lowest BCUT2D eigenvalue weighted by Gasteiger charge is -2.05. The Morgan fingerprint density at radius 2 is 2.23 bits per heavy atom. The van der Waals surface area contributed by atoms with Gasteiger partial charge >= 0.3 is 0 Å². The smallest absolute Gasteiger partial charge is 0.105 e. The van der Waals surface area contributed by atoms with Gasteiger partial charge in [0.1, 0.15) is 11.5 Å². The molecule has 2 N–H and O–H groups in total. The number of hydrogen-bond acceptors (Lipinski definition) is 2. The summed E-state index contributed by atoms with van der Waals surface area (Å²) in [6.07, 6.45) is 0.691. The third-order valence-corrected chi connectivity index (χ3v) is 1.98. The van der Waals surface area contributed by atoms with Gasteiger partial charge in [-0.2, -0.15) is 0 Å². The summed E-state index contributed by atoms with van der Waals surface area (Å²) in [5.74, 6) is 7.62. The Hall–Kier alpha value is -1.20. The van der Waals surface area contributed by atoms with Crippen molar-refractivity contribution in [3.8, 4) is 11.8 Å². The largest absolute Gasteiger partial charge is 0.466 e. The number of rotatable bonds is 2. The maximum atomic E-state index is 5.93. The van der Waals surface area contributed by atoms with Gasteiger partial charge in [-0.05, 0) is 26.8 Å². The van der Waals surface area contributed by atoms with Crippen LogP contribution in [0.3, 0.4) is 0 Å². The minimum absolute atomic E-state index is 0.0232. The van der Waals surface area contributed by atoms with Gasteiger partial charge in [0.25, 0.3) is 0 Å². The molecule has 1 aromatic rings. The van der Waals surface area contributed by atoms with Crippen molar-refractivity contribution in [2.45, 2.75) is 33.2 Å². The molecule has 2 nitrogen and oxygen atoms in total. The van der Waals surface area contributed by atoms with E-state index in [-0.39, 0.29) is 6.04 Å². The Morgan fingerprint density at radius 3 is 2.69 bits per heavy atom. The number of furan rings is 1. The van der Waals surface area contributed by atoms with E-state index in [4.69, 9.17) is 10.2 Å². The zero-order valence-electron chi connectivity index (χ0n) is 8.35. The third kappa shape index (κ3) is 2.37. The highest BCUT2D eigenvalue weighted by Gasteiger charge is 2.11. The van der Waals surface area contributed by atoms with Crippen LogP contribution in [0.2, 0.25) is 0 Å². The molecule has 0 saturated heterocycles. The molecule has 0 aliphatic rings. The molecule has 0 amide bonds. The molecule has 0 aromatic carbocycles. The number of hydrogen-bond donors (Lipinski definition) is 1. The minimum Gasteiger partial charge on any atom is -0.466 e. The molecule has 1 heterocycles. The topological polar surface area (TPSA) is 39.2 Å². The van der Waals surface area contributed by atoms with E-state index in [1.807, 2.05) is 26.8 Å². The summed E-state index contributed by atoms with van der Waals surface area (Å²) in [6, 6.07) is 1.96. The average molecular weight is 177 g/mol. The summed E-state index contributed by atoms with van der Waals surface area (Å²) in [6.45, 7) is 5.68. The van der Waals surface area contributed by atoms with Crippen molar-refractivity contribution >= 4 is 0 Å². The summed E-state index contributed by atoms with van der Waals surface area (Å²) in [5.41, 5.74) is 7.00. The summed E-state index contributed by atoms with van der Waals surface area (Å²) in [7, 11) is 0. The van der Waals surface area contributed by atoms with Crippen molar-refractivity contribution in [1.29, 1.82) is 0 Å². The van der Waals surface area contributed by atoms with Crippen LogP contribution in [0.15, 0.2) is 10.5 Å². The zero-order chi connectivity index (χ0) is 9.84. The highest BCUT2D eigenvalue weighted by Crippen LogP contribution is 2.21. The molecule has 0 bridgehead atoms. The standard InChI is InChI=1S/C11H15NO/c1-4-5-6-11(12)10-7-8(2)13-9(10)3/h7,11H,6,12H2,1-3H3. The minimum atomic E-state index is -0.0232. The molecule has 13 heavy (non-hydrogen) atoms. The van der Waals surface area contributed by atoms with Crippen molar-refractivity contribution in [3.05, 3.63) is 23.2 Å². The highest BCUT2D eigenvalue weighted by molar-refractivity contribution is 5.25. The number of aryl methyl sites for hydroxylation is 2. The summed E-state index contributed by atoms with van der Waals surface area (Å²) >= 11 is 0. The molecule has 1 unspecified atom stereocenters. The van der Waals surface area contributed by atoms with Crippen LogP contribution in [0, 0.1) is 25.7 Å². The molecule has 0 aliphatic carbocycles. The second kappa shape index (κ2) is 4.15. The first-order valence-corrected chi connectivity index (χ1v) is 4.37. The fraction of sp³-hybridized carbons (Fsp3) is 0.455. The Morgan fingerprint density at radius 1 is 1.54 bits per heavy atom. The molecule has 1 atom stereocenters. The molecule has 0 saturated carbocycles. The monoisotopic (exact) mass is 177 g/mol. The molecule has 1 rings (SSSR count). The quantitative estimate of drug-likeness (QED) is 0.704. The molecule has 0 spiro atoms. The van der Waals surface area contributed by atoms with Crippen LogP contribution in [-0.2, 0) is 0 Å². The van der Waals surface area contributed by atoms with Crippen LogP contribution < -0.4 is 5.73 Å². The van der Waals surface area contributed by atoms with Crippen molar-refractivity contribution < 1.29 is 4.42 Å². The second-order valence-corrected chi connectivity index (χ2v) is 3.11. The van der Waals surface area contributed by atoms with Gasteiger partial charge in [-0.1, -0.05) is 0 Å². The van der Waals surface area contributed by atoms with E-state index in [9.17, 15) is 0 Å². The van der Waals surface area contributed by atoms with Gasteiger partial charge in [0.15, 0.2) is 0 Å². The lowest BCUT2D eigenvalue weighted by Crippen LogP contribution is -2.09. The molecular formula is C11H15NO. The van der Waals surface area contributed by atoms with Crippen LogP contribution in [0.1, 0.15) is 36.5 Å². The van der Waals surface area contributed by atoms with Gasteiger partial charge in [-0.3, -0.25) is 0 Å². The molecule has 0 aliphatic heterocycles. The van der Waals surface area contributed by atoms with Crippen LogP contribution in [-0.4, -0.2) is 0 Å². The van der Waals surface area contributed by atoms with Gasteiger partial charge in [0.05, 0.1) is 0 Å². The van der Waals surface area contributed by atoms with E-state index in [1.165, 1.54) is 0 Å². The lowest BCUT2D eigenvalue weighted by molar-refractivity contribution is 0.498. The van der Waals surface area contributed by atoms with Crippen molar-refractivity contribution in [3.63, 3.8) is 0 Å². The third-order valence-electron chi connectivity index (χ3n) is 1.98. The van der Waals surface area contributed by atoms with Gasteiger partial charge in [0, 0.05) is 18.0 Å². The number of nitrogens with two attached hydrogens (primary N) is 1. The Balaban J connectivity index is 2.79. The fourth-order valence-electron chi connectivity index (χ4n) is 1.34. The van der Waals surface area contributed by atoms with Crippen molar-refractivity contribution in [2.24, 2.45) is 5.73 Å². The van der Waals surface area contributed by atoms with Gasteiger partial charge < -0.3 is 10.2 Å². The molecule has 2 heteroatoms. The summed E-state index contributed by atoms with van der Waals surface area (Å²) in [5, 5.41) is 0. The van der Waals surface area contributed by atoms with E-state index >= 15 is 0 Å². The fourth-order valence-corrected chi connectivity index (χ4v) is 1.34. The predicted molar refractivity (Wildman–Crippen MR) is 53.2 cm³/mol. The highest BCUT2D eigenvalue weighted by atomic mass is 16.3. The molecule has 0 radical (unpaired) electrons. The molecule has 1 aromatic heterocycles. The second-order valence-electron chi connectivity index (χ2n) is 3.11. The van der Waals surface area contributed by atoms with E-state index in [0.29, 0.717) is 6.42 Å². The van der Waals surface area contributed by atoms with Crippen LogP contribution in [0.4, 0.5) is 0 Å². The van der Waals surface area contributed by atoms with Crippen molar-refractivity contribution in [1.82, 2.24) is 0 Å². The molecular weight excluding hydrogens is 162 g/mol. The predicted octanol–water partition coefficient (Wildman–Crippen LogP) is 2.31. The van der Waals surface area contributed by atoms with Gasteiger partial charge in [-0.15, -0.1) is 11.8 Å². The first kappa shape index (κ1) is 9.88. The van der Waals surface area contributed by atoms with Crippen LogP contribution in [0.25, 0.3) is 0 Å². The Labute approximate surface area is 79.1 Å². The zero-order valence-corrected chi connectivity index (χ0v) is 8.35. The molecule has 0 fully saturated rings. The van der Waals surface area contributed by atoms with E-state index in [1.54, 1.807) is 0 Å². The van der Waals surface area contributed by atoms with E-state index < -0.39 is 0 Å². The normalized spacial score (nSPS) is 12.0. The molecule has 70 valence electrons. The van der Waals surface area contributed by atoms with Crippen LogP contribution in [0.5, 0.6) is 0 Å². The Kier molecular flexibility index (Phi) is 3.16. The maximum absolute atomic E-state index is 5.93. The van der Waals surface area contributed by atoms with Gasteiger partial charge in [-0.25, -0.2) is 0 Å². The first-order chi connectivity index (χ1) is 6.15. The van der Waals surface area contributed by atoms with Crippen LogP contribution >= 0.6 is 0 Å². The maximum Gasteiger partial charge on any atom is 0.105 e. The van der Waals surface area contributed by atoms with E-state index in [2.05, 4.69) is 11.8 Å². The summed E-state index contributed by atoms with van der Waals surface area (Å²) < 4.78 is 5.39. The van der Waals surface area contributed by atoms with E-state index in [0.717, 1.165) is 17.1 Å². The first-order valence-electron chi connectivity index (χ1n) is 4.37. The SMILES string of the molecule is CC#CCC(N)c1cc(C)oc1C. The van der Waals surface area contributed by atoms with Gasteiger partial charge in [0.2, 0.25) is 0 Å². The Bertz CT molecular complexity index is 341. The van der Waals surface area contributed by atoms with Crippen molar-refractivity contribution in [2.75, 3.05) is 0 Å². The average Bonchev–Trinajstić information content (AvgIpc) is 2.41. The lowest BCUT2D eigenvalue weighted by atomic mass is 10.1. The summed E-state index contributed by atoms with van der Waals surface area (Å²) in [4.78, 5) is 0.